The molecule has 2 aliphatic rings. The van der Waals surface area contributed by atoms with Crippen LogP contribution in [-0.2, 0) is 16.1 Å². The lowest BCUT2D eigenvalue weighted by Crippen LogP contribution is -2.41. The Balaban J connectivity index is 1.48. The monoisotopic (exact) mass is 416 g/mol. The van der Waals surface area contributed by atoms with Crippen LogP contribution in [0.2, 0.25) is 0 Å². The summed E-state index contributed by atoms with van der Waals surface area (Å²) >= 11 is 3.37. The number of benzene rings is 2. The molecule has 134 valence electrons. The summed E-state index contributed by atoms with van der Waals surface area (Å²) in [6, 6.07) is 12.5. The predicted molar refractivity (Wildman–Crippen MR) is 98.9 cm³/mol. The summed E-state index contributed by atoms with van der Waals surface area (Å²) in [6.07, 6.45) is 0.898. The number of ether oxygens (including phenoxy) is 2. The second-order valence-corrected chi connectivity index (χ2v) is 7.18. The van der Waals surface area contributed by atoms with Crippen molar-refractivity contribution in [1.82, 2.24) is 4.90 Å². The van der Waals surface area contributed by atoms with E-state index in [-0.39, 0.29) is 18.6 Å². The SMILES string of the molecule is O=C(Nc1ccc(Br)cc1)C1CCC(=O)N1Cc1ccc2c(c1)OCO2. The molecule has 0 spiro atoms. The highest BCUT2D eigenvalue weighted by Gasteiger charge is 2.36. The molecule has 1 unspecified atom stereocenters. The largest absolute Gasteiger partial charge is 0.454 e. The number of carbonyl (C=O) groups is 2. The van der Waals surface area contributed by atoms with Crippen LogP contribution in [-0.4, -0.2) is 29.5 Å². The Morgan fingerprint density at radius 3 is 2.73 bits per heavy atom. The third-order valence-corrected chi connectivity index (χ3v) is 5.06. The van der Waals surface area contributed by atoms with Gasteiger partial charge < -0.3 is 19.7 Å². The molecule has 2 amide bonds. The first-order valence-corrected chi connectivity index (χ1v) is 9.14. The van der Waals surface area contributed by atoms with Gasteiger partial charge in [0.2, 0.25) is 18.6 Å². The van der Waals surface area contributed by atoms with E-state index in [1.165, 1.54) is 0 Å². The molecule has 0 aliphatic carbocycles. The molecule has 2 heterocycles. The first-order chi connectivity index (χ1) is 12.6. The number of carbonyl (C=O) groups excluding carboxylic acids is 2. The van der Waals surface area contributed by atoms with Gasteiger partial charge in [-0.2, -0.15) is 0 Å². The lowest BCUT2D eigenvalue weighted by molar-refractivity contribution is -0.133. The summed E-state index contributed by atoms with van der Waals surface area (Å²) in [7, 11) is 0. The summed E-state index contributed by atoms with van der Waals surface area (Å²) in [4.78, 5) is 26.6. The number of anilines is 1. The standard InChI is InChI=1S/C19H17BrN2O4/c20-13-2-4-14(5-3-13)21-19(24)15-6-8-18(23)22(15)10-12-1-7-16-17(9-12)26-11-25-16/h1-5,7,9,15H,6,8,10-11H2,(H,21,24). The van der Waals surface area contributed by atoms with Gasteiger partial charge in [0.25, 0.3) is 0 Å². The minimum absolute atomic E-state index is 0.0152. The zero-order valence-electron chi connectivity index (χ0n) is 13.9. The lowest BCUT2D eigenvalue weighted by atomic mass is 10.1. The molecule has 2 aromatic rings. The van der Waals surface area contributed by atoms with Crippen LogP contribution in [0.5, 0.6) is 11.5 Å². The quantitative estimate of drug-likeness (QED) is 0.829. The highest BCUT2D eigenvalue weighted by atomic mass is 79.9. The number of hydrogen-bond acceptors (Lipinski definition) is 4. The Morgan fingerprint density at radius 2 is 1.92 bits per heavy atom. The molecule has 0 aromatic heterocycles. The lowest BCUT2D eigenvalue weighted by Gasteiger charge is -2.24. The van der Waals surface area contributed by atoms with Crippen LogP contribution < -0.4 is 14.8 Å². The second-order valence-electron chi connectivity index (χ2n) is 6.26. The number of likely N-dealkylation sites (tertiary alicyclic amines) is 1. The Kier molecular flexibility index (Phi) is 4.55. The number of fused-ring (bicyclic) bond motifs is 1. The average molecular weight is 417 g/mol. The highest BCUT2D eigenvalue weighted by molar-refractivity contribution is 9.10. The molecule has 0 radical (unpaired) electrons. The molecule has 2 aromatic carbocycles. The van der Waals surface area contributed by atoms with Gasteiger partial charge in [0.1, 0.15) is 6.04 Å². The smallest absolute Gasteiger partial charge is 0.247 e. The summed E-state index contributed by atoms with van der Waals surface area (Å²) < 4.78 is 11.6. The van der Waals surface area contributed by atoms with E-state index >= 15 is 0 Å². The van der Waals surface area contributed by atoms with Crippen LogP contribution in [0.1, 0.15) is 18.4 Å². The Bertz CT molecular complexity index is 853. The number of rotatable bonds is 4. The molecule has 1 atom stereocenters. The Hall–Kier alpha value is -2.54. The van der Waals surface area contributed by atoms with Gasteiger partial charge in [0.05, 0.1) is 0 Å². The molecule has 26 heavy (non-hydrogen) atoms. The zero-order chi connectivity index (χ0) is 18.1. The van der Waals surface area contributed by atoms with Crippen molar-refractivity contribution in [3.8, 4) is 11.5 Å². The first-order valence-electron chi connectivity index (χ1n) is 8.34. The maximum atomic E-state index is 12.7. The van der Waals surface area contributed by atoms with E-state index in [1.807, 2.05) is 42.5 Å². The maximum absolute atomic E-state index is 12.7. The zero-order valence-corrected chi connectivity index (χ0v) is 15.5. The van der Waals surface area contributed by atoms with Crippen molar-refractivity contribution in [2.45, 2.75) is 25.4 Å². The van der Waals surface area contributed by atoms with Gasteiger partial charge >= 0.3 is 0 Å². The van der Waals surface area contributed by atoms with Gasteiger partial charge in [0, 0.05) is 23.1 Å². The maximum Gasteiger partial charge on any atom is 0.247 e. The minimum atomic E-state index is -0.475. The van der Waals surface area contributed by atoms with Crippen molar-refractivity contribution in [2.75, 3.05) is 12.1 Å². The minimum Gasteiger partial charge on any atom is -0.454 e. The van der Waals surface area contributed by atoms with Gasteiger partial charge in [-0.25, -0.2) is 0 Å². The van der Waals surface area contributed by atoms with E-state index < -0.39 is 6.04 Å². The summed E-state index contributed by atoms with van der Waals surface area (Å²) in [6.45, 7) is 0.577. The number of halogens is 1. The molecule has 1 N–H and O–H groups in total. The van der Waals surface area contributed by atoms with E-state index in [4.69, 9.17) is 9.47 Å². The van der Waals surface area contributed by atoms with Crippen LogP contribution in [0.4, 0.5) is 5.69 Å². The fourth-order valence-corrected chi connectivity index (χ4v) is 3.46. The molecule has 1 fully saturated rings. The van der Waals surface area contributed by atoms with Crippen LogP contribution in [0.3, 0.4) is 0 Å². The van der Waals surface area contributed by atoms with Crippen molar-refractivity contribution in [1.29, 1.82) is 0 Å². The Morgan fingerprint density at radius 1 is 1.15 bits per heavy atom. The normalized spacial score (nSPS) is 18.3. The summed E-state index contributed by atoms with van der Waals surface area (Å²) in [5, 5.41) is 2.89. The van der Waals surface area contributed by atoms with Crippen LogP contribution in [0, 0.1) is 0 Å². The van der Waals surface area contributed by atoms with Gasteiger partial charge in [-0.1, -0.05) is 22.0 Å². The topological polar surface area (TPSA) is 67.9 Å². The van der Waals surface area contributed by atoms with Gasteiger partial charge in [0.15, 0.2) is 11.5 Å². The molecule has 0 bridgehead atoms. The number of nitrogens with one attached hydrogen (secondary N) is 1. The third-order valence-electron chi connectivity index (χ3n) is 4.53. The fourth-order valence-electron chi connectivity index (χ4n) is 3.20. The van der Waals surface area contributed by atoms with Crippen LogP contribution in [0.25, 0.3) is 0 Å². The Labute approximate surface area is 159 Å². The summed E-state index contributed by atoms with van der Waals surface area (Å²) in [5.41, 5.74) is 1.62. The first kappa shape index (κ1) is 16.9. The van der Waals surface area contributed by atoms with Gasteiger partial charge in [-0.05, 0) is 48.4 Å². The van der Waals surface area contributed by atoms with Crippen molar-refractivity contribution in [3.63, 3.8) is 0 Å². The fraction of sp³-hybridized carbons (Fsp3) is 0.263. The highest BCUT2D eigenvalue weighted by Crippen LogP contribution is 2.33. The van der Waals surface area contributed by atoms with Crippen LogP contribution in [0.15, 0.2) is 46.9 Å². The van der Waals surface area contributed by atoms with Crippen molar-refractivity contribution < 1.29 is 19.1 Å². The number of hydrogen-bond donors (Lipinski definition) is 1. The molecule has 0 saturated carbocycles. The van der Waals surface area contributed by atoms with Crippen molar-refractivity contribution in [3.05, 3.63) is 52.5 Å². The second kappa shape index (κ2) is 6.99. The molecule has 1 saturated heterocycles. The molecule has 2 aliphatic heterocycles. The van der Waals surface area contributed by atoms with E-state index in [0.717, 1.165) is 10.0 Å². The van der Waals surface area contributed by atoms with Crippen LogP contribution >= 0.6 is 15.9 Å². The molecular formula is C19H17BrN2O4. The van der Waals surface area contributed by atoms with E-state index in [0.29, 0.717) is 36.6 Å². The molecule has 6 nitrogen and oxygen atoms in total. The molecule has 7 heteroatoms. The number of nitrogens with zero attached hydrogens (tertiary/aromatic N) is 1. The van der Waals surface area contributed by atoms with E-state index in [9.17, 15) is 9.59 Å². The predicted octanol–water partition coefficient (Wildman–Crippen LogP) is 3.31. The molecule has 4 rings (SSSR count). The van der Waals surface area contributed by atoms with Gasteiger partial charge in [-0.3, -0.25) is 9.59 Å². The third kappa shape index (κ3) is 3.39. The van der Waals surface area contributed by atoms with E-state index in [1.54, 1.807) is 4.90 Å². The molecular weight excluding hydrogens is 400 g/mol. The number of amides is 2. The average Bonchev–Trinajstić information content (AvgIpc) is 3.24. The van der Waals surface area contributed by atoms with Crippen molar-refractivity contribution in [2.24, 2.45) is 0 Å². The summed E-state index contributed by atoms with van der Waals surface area (Å²) in [5.74, 6) is 1.19. The van der Waals surface area contributed by atoms with E-state index in [2.05, 4.69) is 21.2 Å². The van der Waals surface area contributed by atoms with Crippen molar-refractivity contribution >= 4 is 33.4 Å². The van der Waals surface area contributed by atoms with Gasteiger partial charge in [-0.15, -0.1) is 0 Å².